The zero-order chi connectivity index (χ0) is 15.3. The predicted octanol–water partition coefficient (Wildman–Crippen LogP) is 1.05. The zero-order valence-corrected chi connectivity index (χ0v) is 11.0. The van der Waals surface area contributed by atoms with Gasteiger partial charge in [0.2, 0.25) is 0 Å². The summed E-state index contributed by atoms with van der Waals surface area (Å²) >= 11 is 0. The molecule has 5 N–H and O–H groups in total. The molecule has 0 aliphatic rings. The van der Waals surface area contributed by atoms with Crippen molar-refractivity contribution in [2.45, 2.75) is 38.6 Å². The van der Waals surface area contributed by atoms with Crippen molar-refractivity contribution in [2.75, 3.05) is 6.54 Å². The van der Waals surface area contributed by atoms with Gasteiger partial charge in [0.05, 0.1) is 6.54 Å². The fourth-order valence-electron chi connectivity index (χ4n) is 1.06. The molecule has 0 aromatic heterocycles. The van der Waals surface area contributed by atoms with Crippen molar-refractivity contribution in [2.24, 2.45) is 11.6 Å². The van der Waals surface area contributed by atoms with E-state index in [4.69, 9.17) is 16.3 Å². The average Bonchev–Trinajstić information content (AvgIpc) is 2.12. The lowest BCUT2D eigenvalue weighted by atomic mass is 10.2. The quantitative estimate of drug-likeness (QED) is 0.530. The standard InChI is InChI=1S/C10H19F3N4O2/c1-9(2,3)19-8(18)16-7(10(11,12)13)6-17(15)5-4-14/h4-5,7H,6,14-15H2,1-3H3,(H,16,18)/b5-4-. The van der Waals surface area contributed by atoms with Gasteiger partial charge in [0.1, 0.15) is 11.6 Å². The van der Waals surface area contributed by atoms with E-state index in [1.54, 1.807) is 26.1 Å². The van der Waals surface area contributed by atoms with E-state index in [-0.39, 0.29) is 0 Å². The Kier molecular flexibility index (Phi) is 5.94. The van der Waals surface area contributed by atoms with Crippen LogP contribution in [0.3, 0.4) is 0 Å². The molecule has 0 aliphatic heterocycles. The summed E-state index contributed by atoms with van der Waals surface area (Å²) in [6.45, 7) is 3.95. The summed E-state index contributed by atoms with van der Waals surface area (Å²) in [7, 11) is 0. The number of halogens is 3. The first-order chi connectivity index (χ1) is 8.45. The van der Waals surface area contributed by atoms with Crippen LogP contribution < -0.4 is 16.9 Å². The fourth-order valence-corrected chi connectivity index (χ4v) is 1.06. The van der Waals surface area contributed by atoms with Crippen LogP contribution in [0.15, 0.2) is 12.4 Å². The Balaban J connectivity index is 4.66. The van der Waals surface area contributed by atoms with Crippen LogP contribution >= 0.6 is 0 Å². The second kappa shape index (κ2) is 6.50. The van der Waals surface area contributed by atoms with Crippen molar-refractivity contribution in [1.29, 1.82) is 0 Å². The highest BCUT2D eigenvalue weighted by atomic mass is 19.4. The molecule has 0 fully saturated rings. The molecule has 19 heavy (non-hydrogen) atoms. The van der Waals surface area contributed by atoms with E-state index < -0.39 is 30.5 Å². The third-order valence-corrected chi connectivity index (χ3v) is 1.76. The molecule has 112 valence electrons. The van der Waals surface area contributed by atoms with Gasteiger partial charge in [-0.1, -0.05) is 0 Å². The highest BCUT2D eigenvalue weighted by Crippen LogP contribution is 2.21. The molecule has 0 heterocycles. The van der Waals surface area contributed by atoms with Crippen LogP contribution in [0.4, 0.5) is 18.0 Å². The van der Waals surface area contributed by atoms with Gasteiger partial charge in [-0.15, -0.1) is 0 Å². The zero-order valence-electron chi connectivity index (χ0n) is 11.0. The predicted molar refractivity (Wildman–Crippen MR) is 63.4 cm³/mol. The molecule has 1 amide bonds. The molecule has 0 spiro atoms. The van der Waals surface area contributed by atoms with Gasteiger partial charge in [-0.05, 0) is 20.8 Å². The first-order valence-electron chi connectivity index (χ1n) is 5.41. The van der Waals surface area contributed by atoms with Gasteiger partial charge in [-0.2, -0.15) is 13.2 Å². The highest BCUT2D eigenvalue weighted by Gasteiger charge is 2.42. The monoisotopic (exact) mass is 284 g/mol. The smallest absolute Gasteiger partial charge is 0.410 e. The molecule has 6 nitrogen and oxygen atoms in total. The summed E-state index contributed by atoms with van der Waals surface area (Å²) in [6, 6.07) is -2.16. The lowest BCUT2D eigenvalue weighted by Gasteiger charge is -2.27. The number of nitrogens with one attached hydrogen (secondary N) is 1. The lowest BCUT2D eigenvalue weighted by Crippen LogP contribution is -2.53. The number of carbonyl (C=O) groups excluding carboxylic acids is 1. The van der Waals surface area contributed by atoms with Crippen LogP contribution in [0.2, 0.25) is 0 Å². The summed E-state index contributed by atoms with van der Waals surface area (Å²) in [5.74, 6) is 5.26. The molecule has 1 unspecified atom stereocenters. The normalized spacial score (nSPS) is 14.3. The number of rotatable bonds is 4. The second-order valence-electron chi connectivity index (χ2n) is 4.78. The number of hydrazine groups is 1. The second-order valence-corrected chi connectivity index (χ2v) is 4.78. The van der Waals surface area contributed by atoms with Crippen molar-refractivity contribution < 1.29 is 22.7 Å². The van der Waals surface area contributed by atoms with Crippen molar-refractivity contribution >= 4 is 6.09 Å². The van der Waals surface area contributed by atoms with Crippen LogP contribution in [-0.4, -0.2) is 35.5 Å². The Bertz CT molecular complexity index is 326. The Morgan fingerprint density at radius 2 is 1.95 bits per heavy atom. The topological polar surface area (TPSA) is 93.6 Å². The molecule has 0 bridgehead atoms. The number of nitrogens with two attached hydrogens (primary N) is 2. The maximum Gasteiger partial charge on any atom is 0.410 e. The molecular formula is C10H19F3N4O2. The maximum absolute atomic E-state index is 12.7. The van der Waals surface area contributed by atoms with E-state index in [0.29, 0.717) is 0 Å². The molecular weight excluding hydrogens is 265 g/mol. The van der Waals surface area contributed by atoms with Gasteiger partial charge in [-0.3, -0.25) is 0 Å². The number of carbonyl (C=O) groups is 1. The number of alkyl halides is 3. The molecule has 0 radical (unpaired) electrons. The minimum absolute atomic E-state index is 0.684. The van der Waals surface area contributed by atoms with Crippen LogP contribution in [0.25, 0.3) is 0 Å². The molecule has 1 atom stereocenters. The minimum atomic E-state index is -4.66. The number of hydrogen-bond acceptors (Lipinski definition) is 5. The van der Waals surface area contributed by atoms with Crippen LogP contribution in [0.5, 0.6) is 0 Å². The molecule has 0 aromatic carbocycles. The summed E-state index contributed by atoms with van der Waals surface area (Å²) < 4.78 is 42.9. The van der Waals surface area contributed by atoms with Crippen molar-refractivity contribution in [1.82, 2.24) is 10.3 Å². The van der Waals surface area contributed by atoms with Crippen LogP contribution in [0, 0.1) is 0 Å². The van der Waals surface area contributed by atoms with E-state index in [0.717, 1.165) is 17.4 Å². The maximum atomic E-state index is 12.7. The average molecular weight is 284 g/mol. The number of hydrogen-bond donors (Lipinski definition) is 3. The first kappa shape index (κ1) is 17.4. The summed E-state index contributed by atoms with van der Waals surface area (Å²) in [4.78, 5) is 11.3. The van der Waals surface area contributed by atoms with E-state index in [2.05, 4.69) is 0 Å². The minimum Gasteiger partial charge on any atom is -0.444 e. The molecule has 9 heteroatoms. The number of nitrogens with zero attached hydrogens (tertiary/aromatic N) is 1. The van der Waals surface area contributed by atoms with E-state index in [1.165, 1.54) is 0 Å². The van der Waals surface area contributed by atoms with E-state index >= 15 is 0 Å². The fraction of sp³-hybridized carbons (Fsp3) is 0.700. The highest BCUT2D eigenvalue weighted by molar-refractivity contribution is 5.68. The third kappa shape index (κ3) is 8.14. The number of alkyl carbamates (subject to hydrolysis) is 1. The van der Waals surface area contributed by atoms with Crippen molar-refractivity contribution in [3.8, 4) is 0 Å². The molecule has 0 rings (SSSR count). The van der Waals surface area contributed by atoms with Crippen LogP contribution in [-0.2, 0) is 4.74 Å². The Labute approximate surface area is 109 Å². The molecule has 0 aromatic rings. The van der Waals surface area contributed by atoms with Crippen LogP contribution in [0.1, 0.15) is 20.8 Å². The first-order valence-corrected chi connectivity index (χ1v) is 5.41. The Morgan fingerprint density at radius 3 is 2.32 bits per heavy atom. The van der Waals surface area contributed by atoms with Gasteiger partial charge in [0, 0.05) is 12.4 Å². The van der Waals surface area contributed by atoms with E-state index in [1.807, 2.05) is 0 Å². The molecule has 0 aliphatic carbocycles. The SMILES string of the molecule is CC(C)(C)OC(=O)NC(CN(N)/C=C\N)C(F)(F)F. The largest absolute Gasteiger partial charge is 0.444 e. The third-order valence-electron chi connectivity index (χ3n) is 1.76. The van der Waals surface area contributed by atoms with Gasteiger partial charge in [0.15, 0.2) is 0 Å². The number of ether oxygens (including phenoxy) is 1. The number of amides is 1. The summed E-state index contributed by atoms with van der Waals surface area (Å²) in [5.41, 5.74) is 4.11. The van der Waals surface area contributed by atoms with E-state index in [9.17, 15) is 18.0 Å². The molecule has 0 saturated carbocycles. The van der Waals surface area contributed by atoms with Crippen molar-refractivity contribution in [3.05, 3.63) is 12.4 Å². The molecule has 0 saturated heterocycles. The van der Waals surface area contributed by atoms with Gasteiger partial charge < -0.3 is 20.8 Å². The van der Waals surface area contributed by atoms with Gasteiger partial charge >= 0.3 is 12.3 Å². The van der Waals surface area contributed by atoms with Gasteiger partial charge in [-0.25, -0.2) is 10.6 Å². The summed E-state index contributed by atoms with van der Waals surface area (Å²) in [6.07, 6.45) is -3.78. The summed E-state index contributed by atoms with van der Waals surface area (Å²) in [5, 5.41) is 2.44. The van der Waals surface area contributed by atoms with Crippen molar-refractivity contribution in [3.63, 3.8) is 0 Å². The Morgan fingerprint density at radius 1 is 1.42 bits per heavy atom. The Hall–Kier alpha value is -1.64. The lowest BCUT2D eigenvalue weighted by molar-refractivity contribution is -0.157. The van der Waals surface area contributed by atoms with Gasteiger partial charge in [0.25, 0.3) is 0 Å².